The van der Waals surface area contributed by atoms with Crippen molar-refractivity contribution in [1.82, 2.24) is 5.32 Å². The van der Waals surface area contributed by atoms with Crippen LogP contribution in [0.5, 0.6) is 5.75 Å². The highest BCUT2D eigenvalue weighted by Crippen LogP contribution is 2.29. The first-order valence-corrected chi connectivity index (χ1v) is 8.64. The van der Waals surface area contributed by atoms with E-state index in [2.05, 4.69) is 31.3 Å². The normalized spacial score (nSPS) is 14.1. The number of benzene rings is 1. The minimum atomic E-state index is -0.0802. The molecule has 4 heteroatoms. The molecule has 0 heterocycles. The first-order valence-electron chi connectivity index (χ1n) is 8.64. The van der Waals surface area contributed by atoms with Crippen LogP contribution < -0.4 is 10.1 Å². The Morgan fingerprint density at radius 2 is 2.13 bits per heavy atom. The quantitative estimate of drug-likeness (QED) is 0.672. The van der Waals surface area contributed by atoms with Crippen LogP contribution in [0.4, 0.5) is 0 Å². The fourth-order valence-electron chi connectivity index (χ4n) is 2.37. The molecule has 0 radical (unpaired) electrons. The molecule has 1 amide bonds. The van der Waals surface area contributed by atoms with Crippen LogP contribution in [0, 0.1) is 12.8 Å². The molecule has 0 aromatic heterocycles. The highest BCUT2D eigenvalue weighted by atomic mass is 16.5. The van der Waals surface area contributed by atoms with Crippen molar-refractivity contribution in [3.05, 3.63) is 29.3 Å². The van der Waals surface area contributed by atoms with Crippen LogP contribution in [0.1, 0.15) is 50.2 Å². The lowest BCUT2D eigenvalue weighted by Gasteiger charge is -2.14. The molecule has 1 aromatic carbocycles. The van der Waals surface area contributed by atoms with Gasteiger partial charge in [0.05, 0.1) is 0 Å². The Kier molecular flexibility index (Phi) is 6.90. The van der Waals surface area contributed by atoms with Crippen molar-refractivity contribution < 1.29 is 14.3 Å². The lowest BCUT2D eigenvalue weighted by Crippen LogP contribution is -2.30. The summed E-state index contributed by atoms with van der Waals surface area (Å²) in [5, 5.41) is 2.88. The highest BCUT2D eigenvalue weighted by molar-refractivity contribution is 5.77. The summed E-state index contributed by atoms with van der Waals surface area (Å²) in [7, 11) is 0. The maximum Gasteiger partial charge on any atom is 0.257 e. The largest absolute Gasteiger partial charge is 0.483 e. The summed E-state index contributed by atoms with van der Waals surface area (Å²) in [6.07, 6.45) is 3.47. The molecule has 4 nitrogen and oxygen atoms in total. The molecule has 1 N–H and O–H groups in total. The third-order valence-electron chi connectivity index (χ3n) is 3.99. The molecule has 1 aliphatic carbocycles. The maximum atomic E-state index is 11.9. The second-order valence-corrected chi connectivity index (χ2v) is 6.71. The summed E-state index contributed by atoms with van der Waals surface area (Å²) in [6, 6.07) is 6.14. The lowest BCUT2D eigenvalue weighted by molar-refractivity contribution is -0.123. The number of hydrogen-bond donors (Lipinski definition) is 1. The number of ether oxygens (including phenoxy) is 2. The number of hydrogen-bond acceptors (Lipinski definition) is 3. The monoisotopic (exact) mass is 319 g/mol. The standard InChI is InChI=1S/C19H29NO3/c1-14(2)17-8-5-15(3)11-18(17)23-13-19(21)20-9-4-10-22-12-16-6-7-16/h5,8,11,14,16H,4,6-7,9-10,12-13H2,1-3H3,(H,20,21). The Morgan fingerprint density at radius 1 is 1.35 bits per heavy atom. The van der Waals surface area contributed by atoms with Crippen LogP contribution in [-0.4, -0.2) is 32.3 Å². The fourth-order valence-corrected chi connectivity index (χ4v) is 2.37. The molecule has 0 saturated heterocycles. The highest BCUT2D eigenvalue weighted by Gasteiger charge is 2.20. The van der Waals surface area contributed by atoms with Crippen molar-refractivity contribution in [2.24, 2.45) is 5.92 Å². The summed E-state index contributed by atoms with van der Waals surface area (Å²) >= 11 is 0. The Balaban J connectivity index is 1.64. The first-order chi connectivity index (χ1) is 11.1. The van der Waals surface area contributed by atoms with E-state index >= 15 is 0 Å². The van der Waals surface area contributed by atoms with Crippen LogP contribution in [0.15, 0.2) is 18.2 Å². The predicted octanol–water partition coefficient (Wildman–Crippen LogP) is 3.43. The van der Waals surface area contributed by atoms with E-state index in [1.54, 1.807) is 0 Å². The minimum Gasteiger partial charge on any atom is -0.483 e. The molecule has 128 valence electrons. The fraction of sp³-hybridized carbons (Fsp3) is 0.632. The van der Waals surface area contributed by atoms with Crippen molar-refractivity contribution in [3.63, 3.8) is 0 Å². The molecule has 1 saturated carbocycles. The van der Waals surface area contributed by atoms with Crippen molar-refractivity contribution in [3.8, 4) is 5.75 Å². The average molecular weight is 319 g/mol. The molecule has 0 bridgehead atoms. The van der Waals surface area contributed by atoms with E-state index in [0.29, 0.717) is 19.1 Å². The van der Waals surface area contributed by atoms with Crippen LogP contribution in [0.25, 0.3) is 0 Å². The maximum absolute atomic E-state index is 11.9. The number of nitrogens with one attached hydrogen (secondary N) is 1. The Labute approximate surface area is 139 Å². The van der Waals surface area contributed by atoms with Crippen LogP contribution in [0.3, 0.4) is 0 Å². The van der Waals surface area contributed by atoms with Gasteiger partial charge in [0, 0.05) is 19.8 Å². The molecule has 0 spiro atoms. The van der Waals surface area contributed by atoms with Crippen molar-refractivity contribution in [2.45, 2.75) is 46.0 Å². The third-order valence-corrected chi connectivity index (χ3v) is 3.99. The van der Waals surface area contributed by atoms with Gasteiger partial charge >= 0.3 is 0 Å². The summed E-state index contributed by atoms with van der Waals surface area (Å²) < 4.78 is 11.3. The zero-order valence-electron chi connectivity index (χ0n) is 14.6. The van der Waals surface area contributed by atoms with E-state index in [0.717, 1.165) is 35.8 Å². The van der Waals surface area contributed by atoms with Gasteiger partial charge in [-0.15, -0.1) is 0 Å². The van der Waals surface area contributed by atoms with Gasteiger partial charge in [0.1, 0.15) is 5.75 Å². The number of aryl methyl sites for hydroxylation is 1. The van der Waals surface area contributed by atoms with Crippen LogP contribution in [0.2, 0.25) is 0 Å². The van der Waals surface area contributed by atoms with E-state index in [4.69, 9.17) is 9.47 Å². The summed E-state index contributed by atoms with van der Waals surface area (Å²) in [5.41, 5.74) is 2.27. The van der Waals surface area contributed by atoms with Crippen LogP contribution in [-0.2, 0) is 9.53 Å². The smallest absolute Gasteiger partial charge is 0.257 e. The third kappa shape index (κ3) is 6.61. The first kappa shape index (κ1) is 17.8. The minimum absolute atomic E-state index is 0.0616. The Morgan fingerprint density at radius 3 is 2.83 bits per heavy atom. The molecule has 0 unspecified atom stereocenters. The van der Waals surface area contributed by atoms with Gasteiger partial charge in [0.25, 0.3) is 5.91 Å². The average Bonchev–Trinajstić information content (AvgIpc) is 3.32. The van der Waals surface area contributed by atoms with E-state index in [1.807, 2.05) is 13.0 Å². The zero-order valence-corrected chi connectivity index (χ0v) is 14.6. The van der Waals surface area contributed by atoms with Crippen molar-refractivity contribution in [2.75, 3.05) is 26.4 Å². The SMILES string of the molecule is Cc1ccc(C(C)C)c(OCC(=O)NCCCOCC2CC2)c1. The molecular weight excluding hydrogens is 290 g/mol. The summed E-state index contributed by atoms with van der Waals surface area (Å²) in [5.74, 6) is 1.89. The molecule has 0 aliphatic heterocycles. The molecule has 2 rings (SSSR count). The summed E-state index contributed by atoms with van der Waals surface area (Å²) in [6.45, 7) is 8.57. The number of carbonyl (C=O) groups excluding carboxylic acids is 1. The second-order valence-electron chi connectivity index (χ2n) is 6.71. The molecule has 1 aliphatic rings. The van der Waals surface area contributed by atoms with Crippen LogP contribution >= 0.6 is 0 Å². The van der Waals surface area contributed by atoms with Gasteiger partial charge in [0.2, 0.25) is 0 Å². The molecule has 1 fully saturated rings. The summed E-state index contributed by atoms with van der Waals surface area (Å²) in [4.78, 5) is 11.9. The van der Waals surface area contributed by atoms with Gasteiger partial charge in [-0.25, -0.2) is 0 Å². The number of rotatable bonds is 10. The second kappa shape index (κ2) is 8.92. The van der Waals surface area contributed by atoms with E-state index in [-0.39, 0.29) is 12.5 Å². The molecular formula is C19H29NO3. The number of amides is 1. The molecule has 23 heavy (non-hydrogen) atoms. The van der Waals surface area contributed by atoms with Gasteiger partial charge in [-0.2, -0.15) is 0 Å². The van der Waals surface area contributed by atoms with Gasteiger partial charge in [-0.1, -0.05) is 26.0 Å². The number of carbonyl (C=O) groups is 1. The van der Waals surface area contributed by atoms with Gasteiger partial charge in [-0.05, 0) is 55.2 Å². The molecule has 1 aromatic rings. The van der Waals surface area contributed by atoms with Gasteiger partial charge < -0.3 is 14.8 Å². The topological polar surface area (TPSA) is 47.6 Å². The van der Waals surface area contributed by atoms with E-state index < -0.39 is 0 Å². The van der Waals surface area contributed by atoms with Crippen molar-refractivity contribution in [1.29, 1.82) is 0 Å². The molecule has 0 atom stereocenters. The van der Waals surface area contributed by atoms with E-state index in [9.17, 15) is 4.79 Å². The van der Waals surface area contributed by atoms with Crippen molar-refractivity contribution >= 4 is 5.91 Å². The lowest BCUT2D eigenvalue weighted by atomic mass is 10.0. The Bertz CT molecular complexity index is 509. The Hall–Kier alpha value is -1.55. The van der Waals surface area contributed by atoms with Gasteiger partial charge in [-0.3, -0.25) is 4.79 Å². The predicted molar refractivity (Wildman–Crippen MR) is 91.9 cm³/mol. The van der Waals surface area contributed by atoms with Gasteiger partial charge in [0.15, 0.2) is 6.61 Å². The van der Waals surface area contributed by atoms with E-state index in [1.165, 1.54) is 12.8 Å². The zero-order chi connectivity index (χ0) is 16.7.